The molecule has 0 aliphatic carbocycles. The summed E-state index contributed by atoms with van der Waals surface area (Å²) in [5, 5.41) is 0.813. The Morgan fingerprint density at radius 1 is 1.13 bits per heavy atom. The lowest BCUT2D eigenvalue weighted by molar-refractivity contribution is 0.563. The molecular weight excluding hydrogens is 434 g/mol. The van der Waals surface area contributed by atoms with Gasteiger partial charge in [-0.05, 0) is 18.6 Å². The average Bonchev–Trinajstić information content (AvgIpc) is 3.46. The lowest BCUT2D eigenvalue weighted by Gasteiger charge is -2.14. The lowest BCUT2D eigenvalue weighted by Crippen LogP contribution is -2.27. The van der Waals surface area contributed by atoms with Crippen LogP contribution in [0.4, 0.5) is 0 Å². The molecule has 0 radical (unpaired) electrons. The van der Waals surface area contributed by atoms with Gasteiger partial charge in [-0.2, -0.15) is 0 Å². The number of sulfonamides is 1. The fourth-order valence-corrected chi connectivity index (χ4v) is 5.58. The largest absolute Gasteiger partial charge is 0.339 e. The molecule has 1 aromatic carbocycles. The Labute approximate surface area is 182 Å². The van der Waals surface area contributed by atoms with Crippen LogP contribution in [0.1, 0.15) is 18.5 Å². The highest BCUT2D eigenvalue weighted by molar-refractivity contribution is 7.89. The highest BCUT2D eigenvalue weighted by Crippen LogP contribution is 2.33. The van der Waals surface area contributed by atoms with Gasteiger partial charge in [0.15, 0.2) is 5.03 Å². The number of hydrogen-bond donors (Lipinski definition) is 1. The molecule has 0 amide bonds. The summed E-state index contributed by atoms with van der Waals surface area (Å²) in [6.07, 6.45) is 6.43. The molecule has 31 heavy (non-hydrogen) atoms. The molecule has 5 rings (SSSR count). The maximum Gasteiger partial charge on any atom is 0.260 e. The third-order valence-corrected chi connectivity index (χ3v) is 7.46. The number of rotatable bonds is 5. The van der Waals surface area contributed by atoms with Crippen LogP contribution in [0.3, 0.4) is 0 Å². The molecule has 9 nitrogen and oxygen atoms in total. The molecule has 158 valence electrons. The Bertz CT molecular complexity index is 1530. The molecule has 1 N–H and O–H groups in total. The minimum atomic E-state index is -3.72. The number of fused-ring (bicyclic) bond motifs is 3. The van der Waals surface area contributed by atoms with Crippen LogP contribution in [0, 0.1) is 0 Å². The molecule has 4 heterocycles. The van der Waals surface area contributed by atoms with Gasteiger partial charge in [0.05, 0.1) is 24.4 Å². The third-order valence-electron chi connectivity index (χ3n) is 5.03. The molecule has 0 spiro atoms. The second kappa shape index (κ2) is 7.22. The van der Waals surface area contributed by atoms with Crippen molar-refractivity contribution < 1.29 is 8.42 Å². The molecule has 0 aliphatic rings. The van der Waals surface area contributed by atoms with E-state index in [1.54, 1.807) is 31.1 Å². The van der Waals surface area contributed by atoms with E-state index in [9.17, 15) is 8.42 Å². The second-order valence-corrected chi connectivity index (χ2v) is 10.0. The summed E-state index contributed by atoms with van der Waals surface area (Å²) >= 11 is 1.50. The van der Waals surface area contributed by atoms with Crippen LogP contribution in [-0.4, -0.2) is 37.5 Å². The van der Waals surface area contributed by atoms with Crippen molar-refractivity contribution in [3.8, 4) is 10.6 Å². The molecule has 5 aromatic rings. The van der Waals surface area contributed by atoms with Gasteiger partial charge in [-0.1, -0.05) is 29.5 Å². The predicted molar refractivity (Wildman–Crippen MR) is 119 cm³/mol. The Balaban J connectivity index is 1.49. The summed E-state index contributed by atoms with van der Waals surface area (Å²) in [7, 11) is -0.0606. The number of benzene rings is 1. The van der Waals surface area contributed by atoms with Gasteiger partial charge in [-0.15, -0.1) is 0 Å². The zero-order valence-electron chi connectivity index (χ0n) is 17.0. The zero-order valence-corrected chi connectivity index (χ0v) is 18.6. The summed E-state index contributed by atoms with van der Waals surface area (Å²) in [6.45, 7) is 1.80. The van der Waals surface area contributed by atoms with Gasteiger partial charge in [0.25, 0.3) is 10.0 Å². The summed E-state index contributed by atoms with van der Waals surface area (Å²) in [5.74, 6) is 0. The normalized spacial score (nSPS) is 13.3. The van der Waals surface area contributed by atoms with Crippen LogP contribution >= 0.6 is 11.3 Å². The van der Waals surface area contributed by atoms with Crippen molar-refractivity contribution in [2.24, 2.45) is 14.1 Å². The van der Waals surface area contributed by atoms with Crippen molar-refractivity contribution in [3.63, 3.8) is 0 Å². The average molecular weight is 454 g/mol. The van der Waals surface area contributed by atoms with Crippen LogP contribution in [0.15, 0.2) is 54.3 Å². The van der Waals surface area contributed by atoms with Crippen LogP contribution in [-0.2, 0) is 24.1 Å². The molecule has 1 atom stereocenters. The summed E-state index contributed by atoms with van der Waals surface area (Å²) in [5.41, 5.74) is 4.29. The number of nitrogens with one attached hydrogen (secondary N) is 1. The molecule has 0 saturated carbocycles. The highest BCUT2D eigenvalue weighted by atomic mass is 32.2. The fourth-order valence-electron chi connectivity index (χ4n) is 3.46. The summed E-state index contributed by atoms with van der Waals surface area (Å²) in [4.78, 5) is 18.4. The summed E-state index contributed by atoms with van der Waals surface area (Å²) in [6, 6.07) is 7.25. The van der Waals surface area contributed by atoms with E-state index in [0.717, 1.165) is 37.5 Å². The quantitative estimate of drug-likeness (QED) is 0.438. The second-order valence-electron chi connectivity index (χ2n) is 7.37. The fraction of sp³-hybridized carbons (Fsp3) is 0.200. The van der Waals surface area contributed by atoms with Crippen molar-refractivity contribution in [2.75, 3.05) is 0 Å². The molecule has 4 aromatic heterocycles. The van der Waals surface area contributed by atoms with Gasteiger partial charge in [-0.3, -0.25) is 0 Å². The van der Waals surface area contributed by atoms with E-state index in [4.69, 9.17) is 4.98 Å². The standard InChI is InChI=1S/C20H19N7O2S2/c1-12(25-31(28,29)16-9-26(2)10-23-16)13-5-4-6-14(7-13)19-24-17-18-15(22-11-27(18)3)8-21-20(17)30-19/h4-12,25H,1-3H3/t12-/m0/s1. The number of pyridine rings is 1. The molecular formula is C20H19N7O2S2. The van der Waals surface area contributed by atoms with Gasteiger partial charge in [-0.25, -0.2) is 33.1 Å². The number of nitrogens with zero attached hydrogens (tertiary/aromatic N) is 6. The molecule has 0 bridgehead atoms. The van der Waals surface area contributed by atoms with Gasteiger partial charge in [0, 0.05) is 31.9 Å². The third kappa shape index (κ3) is 3.50. The van der Waals surface area contributed by atoms with E-state index in [0.29, 0.717) is 0 Å². The van der Waals surface area contributed by atoms with Crippen LogP contribution in [0.5, 0.6) is 0 Å². The van der Waals surface area contributed by atoms with E-state index in [1.807, 2.05) is 35.9 Å². The van der Waals surface area contributed by atoms with Gasteiger partial charge >= 0.3 is 0 Å². The monoisotopic (exact) mass is 453 g/mol. The number of imidazole rings is 2. The number of thiazole rings is 1. The van der Waals surface area contributed by atoms with Crippen molar-refractivity contribution >= 4 is 42.7 Å². The minimum Gasteiger partial charge on any atom is -0.339 e. The maximum atomic E-state index is 12.6. The molecule has 0 unspecified atom stereocenters. The first-order chi connectivity index (χ1) is 14.8. The van der Waals surface area contributed by atoms with Gasteiger partial charge in [0.2, 0.25) is 0 Å². The SMILES string of the molecule is C[C@H](NS(=O)(=O)c1cn(C)cn1)c1cccc(-c2nc3c(ncc4ncn(C)c43)s2)c1. The first-order valence-corrected chi connectivity index (χ1v) is 11.8. The van der Waals surface area contributed by atoms with Crippen LogP contribution in [0.25, 0.3) is 32.0 Å². The minimum absolute atomic E-state index is 0.00422. The molecule has 11 heteroatoms. The van der Waals surface area contributed by atoms with E-state index in [-0.39, 0.29) is 5.03 Å². The van der Waals surface area contributed by atoms with Crippen molar-refractivity contribution in [2.45, 2.75) is 18.0 Å². The van der Waals surface area contributed by atoms with Crippen LogP contribution < -0.4 is 4.72 Å². The Morgan fingerprint density at radius 3 is 2.74 bits per heavy atom. The smallest absolute Gasteiger partial charge is 0.260 e. The van der Waals surface area contributed by atoms with Crippen molar-refractivity contribution in [1.29, 1.82) is 0 Å². The Kier molecular flexibility index (Phi) is 4.61. The number of aromatic nitrogens is 6. The number of hydrogen-bond acceptors (Lipinski definition) is 7. The molecule has 0 fully saturated rings. The highest BCUT2D eigenvalue weighted by Gasteiger charge is 2.21. The Morgan fingerprint density at radius 2 is 1.97 bits per heavy atom. The van der Waals surface area contributed by atoms with Gasteiger partial charge in [0.1, 0.15) is 20.9 Å². The zero-order chi connectivity index (χ0) is 21.8. The van der Waals surface area contributed by atoms with E-state index < -0.39 is 16.1 Å². The first-order valence-electron chi connectivity index (χ1n) is 9.49. The number of aryl methyl sites for hydroxylation is 2. The Hall–Kier alpha value is -3.15. The molecule has 0 aliphatic heterocycles. The van der Waals surface area contributed by atoms with E-state index >= 15 is 0 Å². The molecule has 0 saturated heterocycles. The summed E-state index contributed by atoms with van der Waals surface area (Å²) < 4.78 is 31.5. The van der Waals surface area contributed by atoms with Crippen molar-refractivity contribution in [3.05, 3.63) is 54.9 Å². The van der Waals surface area contributed by atoms with E-state index in [2.05, 4.69) is 19.7 Å². The first kappa shape index (κ1) is 19.8. The van der Waals surface area contributed by atoms with Crippen molar-refractivity contribution in [1.82, 2.24) is 33.8 Å². The lowest BCUT2D eigenvalue weighted by atomic mass is 10.1. The van der Waals surface area contributed by atoms with E-state index in [1.165, 1.54) is 23.9 Å². The topological polar surface area (TPSA) is 108 Å². The maximum absolute atomic E-state index is 12.6. The predicted octanol–water partition coefficient (Wildman–Crippen LogP) is 3.02. The van der Waals surface area contributed by atoms with Crippen LogP contribution in [0.2, 0.25) is 0 Å². The van der Waals surface area contributed by atoms with Gasteiger partial charge < -0.3 is 9.13 Å².